The van der Waals surface area contributed by atoms with Crippen LogP contribution in [0.4, 0.5) is 5.69 Å². The van der Waals surface area contributed by atoms with Gasteiger partial charge in [0, 0.05) is 55.4 Å². The Labute approximate surface area is 253 Å². The van der Waals surface area contributed by atoms with Crippen LogP contribution in [-0.2, 0) is 0 Å². The zero-order valence-electron chi connectivity index (χ0n) is 28.4. The molecule has 5 nitrogen and oxygen atoms in total. The van der Waals surface area contributed by atoms with Gasteiger partial charge in [-0.05, 0) is 98.2 Å². The highest BCUT2D eigenvalue weighted by Gasteiger charge is 2.46. The second-order valence-electron chi connectivity index (χ2n) is 17.9. The molecule has 4 atom stereocenters. The molecule has 5 heteroatoms. The Morgan fingerprint density at radius 2 is 1.71 bits per heavy atom. The molecule has 0 spiro atoms. The third-order valence-electron chi connectivity index (χ3n) is 10.8. The summed E-state index contributed by atoms with van der Waals surface area (Å²) in [5.74, 6) is 1.24. The molecule has 5 N–H and O–H groups in total. The fourth-order valence-electron chi connectivity index (χ4n) is 9.23. The maximum atomic E-state index is 5.92. The number of nitrogens with zero attached hydrogens (tertiary/aromatic N) is 1. The predicted octanol–water partition coefficient (Wildman–Crippen LogP) is 6.85. The average molecular weight is 568 g/mol. The van der Waals surface area contributed by atoms with E-state index < -0.39 is 0 Å². The molecule has 0 aliphatic carbocycles. The zero-order valence-corrected chi connectivity index (χ0v) is 28.4. The van der Waals surface area contributed by atoms with Gasteiger partial charge in [-0.15, -0.1) is 0 Å². The summed E-state index contributed by atoms with van der Waals surface area (Å²) in [6.07, 6.45) is 5.99. The van der Waals surface area contributed by atoms with Crippen LogP contribution >= 0.6 is 0 Å². The lowest BCUT2D eigenvalue weighted by atomic mass is 9.61. The first-order chi connectivity index (χ1) is 18.9. The number of nitrogens with two attached hydrogens (primary N) is 1. The summed E-state index contributed by atoms with van der Waals surface area (Å²) >= 11 is 0. The molecule has 0 saturated carbocycles. The Morgan fingerprint density at radius 3 is 2.41 bits per heavy atom. The van der Waals surface area contributed by atoms with Crippen molar-refractivity contribution in [2.75, 3.05) is 44.6 Å². The first-order valence-electron chi connectivity index (χ1n) is 16.7. The van der Waals surface area contributed by atoms with Gasteiger partial charge in [0.05, 0.1) is 0 Å². The van der Waals surface area contributed by atoms with Gasteiger partial charge in [-0.1, -0.05) is 73.6 Å². The highest BCUT2D eigenvalue weighted by molar-refractivity contribution is 5.59. The summed E-state index contributed by atoms with van der Waals surface area (Å²) in [5.41, 5.74) is 9.92. The van der Waals surface area contributed by atoms with Crippen LogP contribution in [0.5, 0.6) is 0 Å². The summed E-state index contributed by atoms with van der Waals surface area (Å²) in [4.78, 5) is 2.89. The Bertz CT molecular complexity index is 1010. The second kappa shape index (κ2) is 12.1. The number of benzene rings is 1. The normalized spacial score (nSPS) is 31.1. The maximum absolute atomic E-state index is 5.92. The van der Waals surface area contributed by atoms with Crippen LogP contribution in [0, 0.1) is 27.6 Å². The van der Waals surface area contributed by atoms with E-state index in [0.29, 0.717) is 29.3 Å². The van der Waals surface area contributed by atoms with Crippen LogP contribution in [0.1, 0.15) is 113 Å². The minimum absolute atomic E-state index is 0.115. The molecule has 1 aromatic carbocycles. The van der Waals surface area contributed by atoms with Gasteiger partial charge >= 0.3 is 0 Å². The van der Waals surface area contributed by atoms with E-state index in [9.17, 15) is 0 Å². The first-order valence-corrected chi connectivity index (χ1v) is 16.7. The minimum Gasteiger partial charge on any atom is -0.380 e. The van der Waals surface area contributed by atoms with Crippen molar-refractivity contribution < 1.29 is 0 Å². The maximum Gasteiger partial charge on any atom is 0.0456 e. The van der Waals surface area contributed by atoms with E-state index in [-0.39, 0.29) is 21.8 Å². The largest absolute Gasteiger partial charge is 0.380 e. The molecule has 0 bridgehead atoms. The first kappa shape index (κ1) is 32.8. The van der Waals surface area contributed by atoms with Crippen LogP contribution in [0.2, 0.25) is 0 Å². The lowest BCUT2D eigenvalue weighted by molar-refractivity contribution is -0.0236. The zero-order chi connectivity index (χ0) is 30.3. The molecular weight excluding hydrogens is 502 g/mol. The van der Waals surface area contributed by atoms with Crippen LogP contribution in [0.25, 0.3) is 0 Å². The van der Waals surface area contributed by atoms with E-state index >= 15 is 0 Å². The summed E-state index contributed by atoms with van der Waals surface area (Å²) < 4.78 is 0. The second-order valence-corrected chi connectivity index (χ2v) is 17.9. The molecule has 4 unspecified atom stereocenters. The quantitative estimate of drug-likeness (QED) is 0.277. The van der Waals surface area contributed by atoms with Crippen LogP contribution in [0.3, 0.4) is 0 Å². The van der Waals surface area contributed by atoms with Crippen LogP contribution in [0.15, 0.2) is 24.3 Å². The van der Waals surface area contributed by atoms with Crippen molar-refractivity contribution >= 4 is 5.69 Å². The number of hydrogen-bond donors (Lipinski definition) is 4. The molecule has 41 heavy (non-hydrogen) atoms. The van der Waals surface area contributed by atoms with Crippen molar-refractivity contribution in [3.05, 3.63) is 29.8 Å². The molecule has 1 aromatic rings. The average Bonchev–Trinajstić information content (AvgIpc) is 3.19. The van der Waals surface area contributed by atoms with Crippen LogP contribution in [-0.4, -0.2) is 61.8 Å². The van der Waals surface area contributed by atoms with Gasteiger partial charge in [0.1, 0.15) is 0 Å². The van der Waals surface area contributed by atoms with Gasteiger partial charge in [0.15, 0.2) is 0 Å². The summed E-state index contributed by atoms with van der Waals surface area (Å²) in [6, 6.07) is 10.0. The van der Waals surface area contributed by atoms with E-state index in [2.05, 4.69) is 114 Å². The van der Waals surface area contributed by atoms with E-state index in [1.165, 1.54) is 36.9 Å². The third-order valence-corrected chi connectivity index (χ3v) is 10.8. The number of hydrogen-bond acceptors (Lipinski definition) is 5. The summed E-state index contributed by atoms with van der Waals surface area (Å²) in [7, 11) is 0. The van der Waals surface area contributed by atoms with Gasteiger partial charge in [-0.3, -0.25) is 4.90 Å². The summed E-state index contributed by atoms with van der Waals surface area (Å²) in [6.45, 7) is 31.2. The van der Waals surface area contributed by atoms with Gasteiger partial charge in [0.2, 0.25) is 0 Å². The van der Waals surface area contributed by atoms with Crippen molar-refractivity contribution in [3.8, 4) is 0 Å². The topological polar surface area (TPSA) is 65.3 Å². The number of para-hydroxylation sites is 1. The Hall–Kier alpha value is -1.14. The molecule has 0 amide bonds. The molecular formula is C36H65N5. The van der Waals surface area contributed by atoms with E-state index in [4.69, 9.17) is 5.73 Å². The predicted molar refractivity (Wildman–Crippen MR) is 178 cm³/mol. The molecule has 3 aliphatic heterocycles. The van der Waals surface area contributed by atoms with Gasteiger partial charge in [-0.25, -0.2) is 0 Å². The van der Waals surface area contributed by atoms with Crippen molar-refractivity contribution in [2.45, 2.75) is 125 Å². The number of piperidine rings is 1. The molecule has 4 rings (SSSR count). The molecule has 3 heterocycles. The number of rotatable bonds is 8. The summed E-state index contributed by atoms with van der Waals surface area (Å²) in [5, 5.41) is 11.7. The fraction of sp³-hybridized carbons (Fsp3) is 0.833. The van der Waals surface area contributed by atoms with E-state index in [0.717, 1.165) is 45.7 Å². The van der Waals surface area contributed by atoms with Gasteiger partial charge < -0.3 is 21.7 Å². The Balaban J connectivity index is 1.53. The van der Waals surface area contributed by atoms with Crippen molar-refractivity contribution in [1.82, 2.24) is 15.5 Å². The molecule has 2 saturated heterocycles. The standard InChI is InChI=1S/C36H65N5/c1-32(2,15-16-37)24-38-19-26-18-33(3,4)22-34(5,6)25-41(36(9,10)23-35(26,7)8)21-27-17-29-28-13-11-12-14-30(28)40-31(29)20-39-27/h11-14,26-27,29,31,38-40H,15-25,37H2,1-10H3. The highest BCUT2D eigenvalue weighted by Crippen LogP contribution is 2.49. The monoisotopic (exact) mass is 568 g/mol. The van der Waals surface area contributed by atoms with Crippen LogP contribution < -0.4 is 21.7 Å². The Morgan fingerprint density at radius 1 is 1.00 bits per heavy atom. The Kier molecular flexibility index (Phi) is 9.67. The van der Waals surface area contributed by atoms with E-state index in [1.807, 2.05) is 0 Å². The van der Waals surface area contributed by atoms with Crippen molar-refractivity contribution in [2.24, 2.45) is 33.3 Å². The lowest BCUT2D eigenvalue weighted by Crippen LogP contribution is -2.59. The number of anilines is 1. The number of fused-ring (bicyclic) bond motifs is 3. The highest BCUT2D eigenvalue weighted by atomic mass is 15.2. The molecule has 0 aromatic heterocycles. The van der Waals surface area contributed by atoms with Crippen molar-refractivity contribution in [1.29, 1.82) is 0 Å². The van der Waals surface area contributed by atoms with E-state index in [1.54, 1.807) is 0 Å². The fourth-order valence-corrected chi connectivity index (χ4v) is 9.23. The molecule has 3 aliphatic rings. The smallest absolute Gasteiger partial charge is 0.0456 e. The molecule has 234 valence electrons. The minimum atomic E-state index is 0.115. The number of nitrogens with one attached hydrogen (secondary N) is 3. The SMILES string of the molecule is CC(C)(CCN)CNCC1CC(C)(C)CC(C)(C)CN(CC2CC3c4ccccc4NC3CN2)C(C)(C)CC1(C)C. The lowest BCUT2D eigenvalue weighted by Gasteiger charge is -2.53. The third kappa shape index (κ3) is 8.28. The molecule has 2 fully saturated rings. The molecule has 0 radical (unpaired) electrons. The van der Waals surface area contributed by atoms with Gasteiger partial charge in [-0.2, -0.15) is 0 Å². The van der Waals surface area contributed by atoms with Crippen molar-refractivity contribution in [3.63, 3.8) is 0 Å². The van der Waals surface area contributed by atoms with Gasteiger partial charge in [0.25, 0.3) is 0 Å².